The van der Waals surface area contributed by atoms with Crippen LogP contribution in [0.1, 0.15) is 25.3 Å². The molecule has 1 aliphatic heterocycles. The zero-order chi connectivity index (χ0) is 11.4. The Kier molecular flexibility index (Phi) is 4.82. The van der Waals surface area contributed by atoms with E-state index in [1.165, 1.54) is 28.7 Å². The Morgan fingerprint density at radius 3 is 3.06 bits per heavy atom. The molecule has 4 heteroatoms. The zero-order valence-electron chi connectivity index (χ0n) is 9.71. The van der Waals surface area contributed by atoms with Crippen LogP contribution >= 0.6 is 27.3 Å². The van der Waals surface area contributed by atoms with E-state index in [1.54, 1.807) is 11.3 Å². The number of hydrogen-bond acceptors (Lipinski definition) is 3. The minimum atomic E-state index is 0.720. The fourth-order valence-electron chi connectivity index (χ4n) is 2.31. The highest BCUT2D eigenvalue weighted by Gasteiger charge is 2.19. The smallest absolute Gasteiger partial charge is 0.0701 e. The SMILES string of the molecule is CCN(Cc1csc(Br)c1)C1CCCNC1. The van der Waals surface area contributed by atoms with Crippen LogP contribution in [0.25, 0.3) is 0 Å². The first-order chi connectivity index (χ1) is 7.79. The molecular weight excluding hydrogens is 284 g/mol. The molecule has 2 nitrogen and oxygen atoms in total. The summed E-state index contributed by atoms with van der Waals surface area (Å²) in [6, 6.07) is 2.96. The van der Waals surface area contributed by atoms with Crippen LogP contribution in [0.15, 0.2) is 15.2 Å². The molecule has 1 aromatic rings. The van der Waals surface area contributed by atoms with Gasteiger partial charge in [0.05, 0.1) is 3.79 Å². The van der Waals surface area contributed by atoms with Crippen LogP contribution in [0.4, 0.5) is 0 Å². The Bertz CT molecular complexity index is 321. The Labute approximate surface area is 110 Å². The van der Waals surface area contributed by atoms with E-state index in [2.05, 4.69) is 44.5 Å². The standard InChI is InChI=1S/C12H19BrN2S/c1-2-15(11-4-3-5-14-7-11)8-10-6-12(13)16-9-10/h6,9,11,14H,2-5,7-8H2,1H3. The maximum atomic E-state index is 3.53. The van der Waals surface area contributed by atoms with Crippen LogP contribution in [-0.4, -0.2) is 30.6 Å². The van der Waals surface area contributed by atoms with E-state index >= 15 is 0 Å². The molecule has 0 amide bonds. The van der Waals surface area contributed by atoms with Gasteiger partial charge in [-0.25, -0.2) is 0 Å². The summed E-state index contributed by atoms with van der Waals surface area (Å²) in [6.07, 6.45) is 2.65. The molecular formula is C12H19BrN2S. The van der Waals surface area contributed by atoms with E-state index in [0.717, 1.165) is 25.7 Å². The van der Waals surface area contributed by atoms with E-state index < -0.39 is 0 Å². The Hall–Kier alpha value is 0.1000. The lowest BCUT2D eigenvalue weighted by Crippen LogP contribution is -2.45. The van der Waals surface area contributed by atoms with Gasteiger partial charge >= 0.3 is 0 Å². The molecule has 1 aromatic heterocycles. The molecule has 1 N–H and O–H groups in total. The van der Waals surface area contributed by atoms with Crippen molar-refractivity contribution in [1.82, 2.24) is 10.2 Å². The van der Waals surface area contributed by atoms with Crippen molar-refractivity contribution in [2.75, 3.05) is 19.6 Å². The summed E-state index contributed by atoms with van der Waals surface area (Å²) in [4.78, 5) is 2.58. The highest BCUT2D eigenvalue weighted by atomic mass is 79.9. The molecule has 1 aliphatic rings. The van der Waals surface area contributed by atoms with Gasteiger partial charge in [-0.1, -0.05) is 6.92 Å². The molecule has 0 bridgehead atoms. The van der Waals surface area contributed by atoms with E-state index in [0.29, 0.717) is 0 Å². The highest BCUT2D eigenvalue weighted by molar-refractivity contribution is 9.11. The number of halogens is 1. The lowest BCUT2D eigenvalue weighted by Gasteiger charge is -2.33. The quantitative estimate of drug-likeness (QED) is 0.919. The average molecular weight is 303 g/mol. The van der Waals surface area contributed by atoms with Gasteiger partial charge in [-0.3, -0.25) is 4.90 Å². The van der Waals surface area contributed by atoms with Gasteiger partial charge in [-0.05, 0) is 58.9 Å². The van der Waals surface area contributed by atoms with E-state index in [9.17, 15) is 0 Å². The molecule has 1 atom stereocenters. The van der Waals surface area contributed by atoms with Crippen molar-refractivity contribution >= 4 is 27.3 Å². The van der Waals surface area contributed by atoms with Gasteiger partial charge in [0.2, 0.25) is 0 Å². The average Bonchev–Trinajstić information content (AvgIpc) is 2.73. The minimum absolute atomic E-state index is 0.720. The molecule has 0 aromatic carbocycles. The topological polar surface area (TPSA) is 15.3 Å². The van der Waals surface area contributed by atoms with Crippen LogP contribution in [-0.2, 0) is 6.54 Å². The first-order valence-corrected chi connectivity index (χ1v) is 7.64. The largest absolute Gasteiger partial charge is 0.315 e. The van der Waals surface area contributed by atoms with Crippen molar-refractivity contribution < 1.29 is 0 Å². The van der Waals surface area contributed by atoms with Crippen molar-refractivity contribution in [2.24, 2.45) is 0 Å². The number of piperidine rings is 1. The monoisotopic (exact) mass is 302 g/mol. The zero-order valence-corrected chi connectivity index (χ0v) is 12.1. The molecule has 2 rings (SSSR count). The fourth-order valence-corrected chi connectivity index (χ4v) is 3.51. The molecule has 1 saturated heterocycles. The third-order valence-corrected chi connectivity index (χ3v) is 4.75. The third kappa shape index (κ3) is 3.29. The molecule has 2 heterocycles. The third-order valence-electron chi connectivity index (χ3n) is 3.20. The Morgan fingerprint density at radius 1 is 1.62 bits per heavy atom. The van der Waals surface area contributed by atoms with Gasteiger partial charge < -0.3 is 5.32 Å². The number of nitrogens with one attached hydrogen (secondary N) is 1. The van der Waals surface area contributed by atoms with Gasteiger partial charge in [0, 0.05) is 19.1 Å². The number of rotatable bonds is 4. The number of nitrogens with zero attached hydrogens (tertiary/aromatic N) is 1. The van der Waals surface area contributed by atoms with Crippen LogP contribution in [0.2, 0.25) is 0 Å². The van der Waals surface area contributed by atoms with Crippen molar-refractivity contribution in [2.45, 2.75) is 32.4 Å². The summed E-state index contributed by atoms with van der Waals surface area (Å²) >= 11 is 5.31. The van der Waals surface area contributed by atoms with E-state index in [1.807, 2.05) is 0 Å². The summed E-state index contributed by atoms with van der Waals surface area (Å²) < 4.78 is 1.24. The molecule has 0 saturated carbocycles. The molecule has 0 aliphatic carbocycles. The van der Waals surface area contributed by atoms with Gasteiger partial charge in [0.1, 0.15) is 0 Å². The number of likely N-dealkylation sites (N-methyl/N-ethyl adjacent to an activating group) is 1. The maximum Gasteiger partial charge on any atom is 0.0701 e. The van der Waals surface area contributed by atoms with Crippen molar-refractivity contribution in [3.63, 3.8) is 0 Å². The lowest BCUT2D eigenvalue weighted by molar-refractivity contribution is 0.166. The summed E-state index contributed by atoms with van der Waals surface area (Å²) in [7, 11) is 0. The van der Waals surface area contributed by atoms with Crippen molar-refractivity contribution in [3.8, 4) is 0 Å². The van der Waals surface area contributed by atoms with E-state index in [4.69, 9.17) is 0 Å². The van der Waals surface area contributed by atoms with Gasteiger partial charge in [0.15, 0.2) is 0 Å². The van der Waals surface area contributed by atoms with Gasteiger partial charge in [0.25, 0.3) is 0 Å². The second kappa shape index (κ2) is 6.15. The molecule has 1 unspecified atom stereocenters. The van der Waals surface area contributed by atoms with Crippen molar-refractivity contribution in [3.05, 3.63) is 20.8 Å². The maximum absolute atomic E-state index is 3.53. The number of hydrogen-bond donors (Lipinski definition) is 1. The van der Waals surface area contributed by atoms with Gasteiger partial charge in [-0.2, -0.15) is 0 Å². The summed E-state index contributed by atoms with van der Waals surface area (Å²) in [5.74, 6) is 0. The van der Waals surface area contributed by atoms with Crippen LogP contribution < -0.4 is 5.32 Å². The predicted molar refractivity (Wildman–Crippen MR) is 74.0 cm³/mol. The molecule has 0 spiro atoms. The molecule has 0 radical (unpaired) electrons. The second-order valence-corrected chi connectivity index (χ2v) is 6.61. The molecule has 1 fully saturated rings. The first kappa shape index (κ1) is 12.6. The van der Waals surface area contributed by atoms with Crippen molar-refractivity contribution in [1.29, 1.82) is 0 Å². The molecule has 16 heavy (non-hydrogen) atoms. The molecule has 90 valence electrons. The van der Waals surface area contributed by atoms with Crippen LogP contribution in [0, 0.1) is 0 Å². The van der Waals surface area contributed by atoms with Crippen LogP contribution in [0.5, 0.6) is 0 Å². The highest BCUT2D eigenvalue weighted by Crippen LogP contribution is 2.23. The second-order valence-electron chi connectivity index (χ2n) is 4.32. The first-order valence-electron chi connectivity index (χ1n) is 5.97. The summed E-state index contributed by atoms with van der Waals surface area (Å²) in [5, 5.41) is 5.75. The number of thiophene rings is 1. The predicted octanol–water partition coefficient (Wildman–Crippen LogP) is 3.08. The minimum Gasteiger partial charge on any atom is -0.315 e. The van der Waals surface area contributed by atoms with E-state index in [-0.39, 0.29) is 0 Å². The van der Waals surface area contributed by atoms with Crippen LogP contribution in [0.3, 0.4) is 0 Å². The summed E-state index contributed by atoms with van der Waals surface area (Å²) in [5.41, 5.74) is 1.43. The fraction of sp³-hybridized carbons (Fsp3) is 0.667. The Morgan fingerprint density at radius 2 is 2.50 bits per heavy atom. The Balaban J connectivity index is 1.94. The van der Waals surface area contributed by atoms with Gasteiger partial charge in [-0.15, -0.1) is 11.3 Å². The summed E-state index contributed by atoms with van der Waals surface area (Å²) in [6.45, 7) is 6.83. The normalized spacial score (nSPS) is 21.6. The lowest BCUT2D eigenvalue weighted by atomic mass is 10.1.